The van der Waals surface area contributed by atoms with Crippen molar-refractivity contribution in [2.45, 2.75) is 0 Å². The number of halogens is 1. The maximum Gasteiger partial charge on any atom is 0.344 e. The van der Waals surface area contributed by atoms with Crippen LogP contribution in [0.15, 0.2) is 76.6 Å². The molecule has 0 aliphatic rings. The summed E-state index contributed by atoms with van der Waals surface area (Å²) in [4.78, 5) is 28.2. The van der Waals surface area contributed by atoms with Crippen molar-refractivity contribution in [2.24, 2.45) is 5.10 Å². The molecule has 146 valence electrons. The molecule has 1 N–H and O–H groups in total. The number of hydrazone groups is 1. The van der Waals surface area contributed by atoms with Crippen LogP contribution in [-0.2, 0) is 0 Å². The Morgan fingerprint density at radius 1 is 1.07 bits per heavy atom. The summed E-state index contributed by atoms with van der Waals surface area (Å²) in [6.45, 7) is 0. The van der Waals surface area contributed by atoms with E-state index < -0.39 is 5.97 Å². The number of ether oxygens (including phenoxy) is 2. The van der Waals surface area contributed by atoms with E-state index in [9.17, 15) is 9.59 Å². The van der Waals surface area contributed by atoms with E-state index in [4.69, 9.17) is 9.47 Å². The quantitative estimate of drug-likeness (QED) is 0.265. The molecule has 1 amide bonds. The first-order chi connectivity index (χ1) is 14.1. The summed E-state index contributed by atoms with van der Waals surface area (Å²) in [5.74, 6) is -0.238. The van der Waals surface area contributed by atoms with E-state index in [0.717, 1.165) is 0 Å². The van der Waals surface area contributed by atoms with Crippen LogP contribution in [0.1, 0.15) is 26.3 Å². The molecule has 8 heteroatoms. The molecule has 0 fully saturated rings. The van der Waals surface area contributed by atoms with Crippen LogP contribution in [0, 0.1) is 0 Å². The van der Waals surface area contributed by atoms with Crippen LogP contribution < -0.4 is 14.9 Å². The lowest BCUT2D eigenvalue weighted by molar-refractivity contribution is 0.0728. The number of pyridine rings is 1. The van der Waals surface area contributed by atoms with Crippen LogP contribution in [-0.4, -0.2) is 30.2 Å². The molecular formula is C21H16BrN3O4. The molecule has 0 unspecified atom stereocenters. The van der Waals surface area contributed by atoms with Gasteiger partial charge in [-0.05, 0) is 64.0 Å². The van der Waals surface area contributed by atoms with Gasteiger partial charge in [-0.15, -0.1) is 0 Å². The first-order valence-electron chi connectivity index (χ1n) is 8.46. The van der Waals surface area contributed by atoms with Gasteiger partial charge in [-0.2, -0.15) is 5.10 Å². The SMILES string of the molecule is COc1cc(/C=N/NC(=O)c2ccncc2)ccc1OC(=O)c1ccccc1Br. The predicted molar refractivity (Wildman–Crippen MR) is 111 cm³/mol. The Balaban J connectivity index is 1.69. The average Bonchev–Trinajstić information content (AvgIpc) is 2.75. The number of nitrogens with zero attached hydrogens (tertiary/aromatic N) is 2. The topological polar surface area (TPSA) is 89.9 Å². The molecule has 3 rings (SSSR count). The number of esters is 1. The number of amides is 1. The molecule has 7 nitrogen and oxygen atoms in total. The average molecular weight is 454 g/mol. The summed E-state index contributed by atoms with van der Waals surface area (Å²) < 4.78 is 11.4. The third-order valence-electron chi connectivity index (χ3n) is 3.81. The summed E-state index contributed by atoms with van der Waals surface area (Å²) in [7, 11) is 1.47. The second-order valence-corrected chi connectivity index (χ2v) is 6.57. The second kappa shape index (κ2) is 9.61. The van der Waals surface area contributed by atoms with Gasteiger partial charge in [-0.1, -0.05) is 12.1 Å². The summed E-state index contributed by atoms with van der Waals surface area (Å²) in [6, 6.07) is 15.1. The zero-order valence-electron chi connectivity index (χ0n) is 15.3. The summed E-state index contributed by atoms with van der Waals surface area (Å²) in [5.41, 5.74) is 3.93. The Hall–Kier alpha value is -3.52. The molecule has 1 heterocycles. The van der Waals surface area contributed by atoms with Crippen LogP contribution in [0.5, 0.6) is 11.5 Å². The van der Waals surface area contributed by atoms with Gasteiger partial charge in [0.1, 0.15) is 0 Å². The number of carbonyl (C=O) groups is 2. The number of rotatable bonds is 6. The molecular weight excluding hydrogens is 438 g/mol. The fourth-order valence-electron chi connectivity index (χ4n) is 2.36. The minimum Gasteiger partial charge on any atom is -0.493 e. The lowest BCUT2D eigenvalue weighted by Crippen LogP contribution is -2.17. The van der Waals surface area contributed by atoms with Gasteiger partial charge in [-0.3, -0.25) is 9.78 Å². The van der Waals surface area contributed by atoms with Gasteiger partial charge < -0.3 is 9.47 Å². The third-order valence-corrected chi connectivity index (χ3v) is 4.50. The van der Waals surface area contributed by atoms with E-state index in [1.165, 1.54) is 25.7 Å². The van der Waals surface area contributed by atoms with Gasteiger partial charge in [0.25, 0.3) is 5.91 Å². The molecule has 0 radical (unpaired) electrons. The lowest BCUT2D eigenvalue weighted by atomic mass is 10.2. The Morgan fingerprint density at radius 2 is 1.83 bits per heavy atom. The smallest absolute Gasteiger partial charge is 0.344 e. The number of carbonyl (C=O) groups excluding carboxylic acids is 2. The maximum atomic E-state index is 12.4. The van der Waals surface area contributed by atoms with Gasteiger partial charge in [-0.25, -0.2) is 10.2 Å². The number of methoxy groups -OCH3 is 1. The monoisotopic (exact) mass is 453 g/mol. The van der Waals surface area contributed by atoms with Crippen LogP contribution >= 0.6 is 15.9 Å². The van der Waals surface area contributed by atoms with Crippen LogP contribution in [0.2, 0.25) is 0 Å². The van der Waals surface area contributed by atoms with Crippen molar-refractivity contribution in [1.29, 1.82) is 0 Å². The highest BCUT2D eigenvalue weighted by Crippen LogP contribution is 2.29. The van der Waals surface area contributed by atoms with Crippen molar-refractivity contribution < 1.29 is 19.1 Å². The summed E-state index contributed by atoms with van der Waals surface area (Å²) >= 11 is 3.33. The van der Waals surface area contributed by atoms with Gasteiger partial charge in [0.05, 0.1) is 18.9 Å². The Bertz CT molecular complexity index is 1050. The van der Waals surface area contributed by atoms with Gasteiger partial charge in [0, 0.05) is 22.4 Å². The first-order valence-corrected chi connectivity index (χ1v) is 9.26. The maximum absolute atomic E-state index is 12.4. The first kappa shape index (κ1) is 20.2. The van der Waals surface area contributed by atoms with Gasteiger partial charge in [0.2, 0.25) is 0 Å². The van der Waals surface area contributed by atoms with E-state index >= 15 is 0 Å². The third kappa shape index (κ3) is 5.26. The largest absolute Gasteiger partial charge is 0.493 e. The fraction of sp³-hybridized carbons (Fsp3) is 0.0476. The Labute approximate surface area is 175 Å². The van der Waals surface area contributed by atoms with E-state index in [1.54, 1.807) is 48.5 Å². The van der Waals surface area contributed by atoms with Gasteiger partial charge >= 0.3 is 5.97 Å². The highest BCUT2D eigenvalue weighted by atomic mass is 79.9. The van der Waals surface area contributed by atoms with Crippen LogP contribution in [0.4, 0.5) is 0 Å². The summed E-state index contributed by atoms with van der Waals surface area (Å²) in [5, 5.41) is 3.93. The van der Waals surface area contributed by atoms with Crippen molar-refractivity contribution in [2.75, 3.05) is 7.11 Å². The van der Waals surface area contributed by atoms with Gasteiger partial charge in [0.15, 0.2) is 11.5 Å². The molecule has 3 aromatic rings. The number of benzene rings is 2. The number of aromatic nitrogens is 1. The molecule has 0 saturated carbocycles. The number of hydrogen-bond acceptors (Lipinski definition) is 6. The minimum absolute atomic E-state index is 0.270. The molecule has 0 atom stereocenters. The molecule has 2 aromatic carbocycles. The van der Waals surface area contributed by atoms with E-state index in [-0.39, 0.29) is 11.7 Å². The normalized spacial score (nSPS) is 10.6. The lowest BCUT2D eigenvalue weighted by Gasteiger charge is -2.10. The highest BCUT2D eigenvalue weighted by molar-refractivity contribution is 9.10. The highest BCUT2D eigenvalue weighted by Gasteiger charge is 2.15. The molecule has 0 aliphatic heterocycles. The van der Waals surface area contributed by atoms with Crippen LogP contribution in [0.3, 0.4) is 0 Å². The molecule has 0 bridgehead atoms. The Kier molecular flexibility index (Phi) is 6.70. The predicted octanol–water partition coefficient (Wildman–Crippen LogP) is 3.84. The zero-order chi connectivity index (χ0) is 20.6. The Morgan fingerprint density at radius 3 is 2.55 bits per heavy atom. The molecule has 1 aromatic heterocycles. The van der Waals surface area contributed by atoms with Crippen molar-refractivity contribution in [1.82, 2.24) is 10.4 Å². The van der Waals surface area contributed by atoms with Crippen molar-refractivity contribution in [3.05, 3.63) is 88.2 Å². The standard InChI is InChI=1S/C21H16BrN3O4/c1-28-19-12-14(13-24-25-20(26)15-8-10-23-11-9-15)6-7-18(19)29-21(27)16-4-2-3-5-17(16)22/h2-13H,1H3,(H,25,26)/b24-13+. The molecule has 0 aliphatic carbocycles. The van der Waals surface area contributed by atoms with E-state index in [0.29, 0.717) is 26.9 Å². The van der Waals surface area contributed by atoms with E-state index in [1.807, 2.05) is 6.07 Å². The molecule has 29 heavy (non-hydrogen) atoms. The minimum atomic E-state index is -0.512. The molecule has 0 saturated heterocycles. The summed E-state index contributed by atoms with van der Waals surface area (Å²) in [6.07, 6.45) is 4.51. The van der Waals surface area contributed by atoms with E-state index in [2.05, 4.69) is 31.4 Å². The fourth-order valence-corrected chi connectivity index (χ4v) is 2.81. The van der Waals surface area contributed by atoms with Crippen molar-refractivity contribution >= 4 is 34.0 Å². The van der Waals surface area contributed by atoms with Crippen molar-refractivity contribution in [3.63, 3.8) is 0 Å². The number of hydrogen-bond donors (Lipinski definition) is 1. The zero-order valence-corrected chi connectivity index (χ0v) is 16.9. The van der Waals surface area contributed by atoms with Crippen LogP contribution in [0.25, 0.3) is 0 Å². The second-order valence-electron chi connectivity index (χ2n) is 5.71. The van der Waals surface area contributed by atoms with Crippen molar-refractivity contribution in [3.8, 4) is 11.5 Å². The molecule has 0 spiro atoms. The number of nitrogens with one attached hydrogen (secondary N) is 1.